The van der Waals surface area contributed by atoms with Crippen molar-refractivity contribution in [3.63, 3.8) is 0 Å². The average molecular weight is 208 g/mol. The van der Waals surface area contributed by atoms with Crippen LogP contribution in [0.3, 0.4) is 0 Å². The normalized spacial score (nSPS) is 7.33. The predicted molar refractivity (Wildman–Crippen MR) is 42.5 cm³/mol. The summed E-state index contributed by atoms with van der Waals surface area (Å²) in [5.74, 6) is 0. The van der Waals surface area contributed by atoms with Gasteiger partial charge in [0.2, 0.25) is 4.38 Å². The quantitative estimate of drug-likeness (QED) is 0.353. The fourth-order valence-corrected chi connectivity index (χ4v) is 0.318. The van der Waals surface area contributed by atoms with E-state index in [1.54, 1.807) is 0 Å². The van der Waals surface area contributed by atoms with Gasteiger partial charge in [-0.05, 0) is 12.2 Å². The first kappa shape index (κ1) is 13.5. The second-order valence-electron chi connectivity index (χ2n) is 1.07. The molecule has 0 aliphatic rings. The van der Waals surface area contributed by atoms with Crippen molar-refractivity contribution >= 4 is 40.8 Å². The van der Waals surface area contributed by atoms with Crippen LogP contribution in [0.1, 0.15) is 0 Å². The van der Waals surface area contributed by atoms with Gasteiger partial charge in [-0.3, -0.25) is 0 Å². The number of ether oxygens (including phenoxy) is 1. The van der Waals surface area contributed by atoms with Gasteiger partial charge in [-0.15, -0.1) is 0 Å². The zero-order chi connectivity index (χ0) is 6.57. The summed E-state index contributed by atoms with van der Waals surface area (Å²) >= 11 is 13.4. The molecule has 0 aromatic rings. The third-order valence-corrected chi connectivity index (χ3v) is 0.708. The SMILES string of the molecule is C=C(Cl)COC(=S)S.[K+]. The van der Waals surface area contributed by atoms with Gasteiger partial charge >= 0.3 is 51.4 Å². The van der Waals surface area contributed by atoms with Crippen LogP contribution in [-0.4, -0.2) is 11.0 Å². The Morgan fingerprint density at radius 1 is 1.78 bits per heavy atom. The first-order valence-electron chi connectivity index (χ1n) is 1.82. The number of hydrogen-bond acceptors (Lipinski definition) is 2. The molecule has 0 spiro atoms. The first-order chi connectivity index (χ1) is 3.63. The van der Waals surface area contributed by atoms with Gasteiger partial charge in [-0.2, -0.15) is 0 Å². The zero-order valence-corrected chi connectivity index (χ0v) is 10.6. The molecule has 0 aliphatic carbocycles. The Morgan fingerprint density at radius 2 is 2.22 bits per heavy atom. The van der Waals surface area contributed by atoms with E-state index >= 15 is 0 Å². The Labute approximate surface area is 113 Å². The van der Waals surface area contributed by atoms with E-state index < -0.39 is 0 Å². The van der Waals surface area contributed by atoms with Crippen LogP contribution >= 0.6 is 36.4 Å². The molecule has 0 heterocycles. The van der Waals surface area contributed by atoms with Crippen LogP contribution in [0, 0.1) is 0 Å². The summed E-state index contributed by atoms with van der Waals surface area (Å²) in [6, 6.07) is 0. The molecule has 0 fully saturated rings. The first-order valence-corrected chi connectivity index (χ1v) is 3.05. The van der Waals surface area contributed by atoms with Crippen molar-refractivity contribution in [3.8, 4) is 0 Å². The van der Waals surface area contributed by atoms with Crippen molar-refractivity contribution in [3.05, 3.63) is 11.6 Å². The maximum atomic E-state index is 5.31. The summed E-state index contributed by atoms with van der Waals surface area (Å²) in [5.41, 5.74) is 0. The fraction of sp³-hybridized carbons (Fsp3) is 0.250. The van der Waals surface area contributed by atoms with E-state index in [4.69, 9.17) is 11.6 Å². The van der Waals surface area contributed by atoms with Gasteiger partial charge in [-0.25, -0.2) is 0 Å². The number of halogens is 1. The van der Waals surface area contributed by atoms with Gasteiger partial charge in [-0.1, -0.05) is 30.8 Å². The number of thiol groups is 1. The van der Waals surface area contributed by atoms with Gasteiger partial charge in [0, 0.05) is 5.03 Å². The van der Waals surface area contributed by atoms with Gasteiger partial charge in [0.15, 0.2) is 0 Å². The largest absolute Gasteiger partial charge is 1.00 e. The molecule has 9 heavy (non-hydrogen) atoms. The van der Waals surface area contributed by atoms with Crippen molar-refractivity contribution in [1.82, 2.24) is 0 Å². The summed E-state index contributed by atoms with van der Waals surface area (Å²) in [6.45, 7) is 3.61. The third kappa shape index (κ3) is 13.0. The van der Waals surface area contributed by atoms with Gasteiger partial charge < -0.3 is 4.74 Å². The van der Waals surface area contributed by atoms with E-state index in [2.05, 4.69) is 36.2 Å². The van der Waals surface area contributed by atoms with Gasteiger partial charge in [0.05, 0.1) is 0 Å². The van der Waals surface area contributed by atoms with E-state index in [1.165, 1.54) is 0 Å². The monoisotopic (exact) mass is 207 g/mol. The number of rotatable bonds is 2. The standard InChI is InChI=1S/C4H5ClOS2.K/c1-3(5)2-6-4(7)8;/h1-2H2,(H,7,8);/q;+1. The molecule has 0 radical (unpaired) electrons. The molecule has 1 nitrogen and oxygen atoms in total. The third-order valence-electron chi connectivity index (χ3n) is 0.352. The molecule has 0 rings (SSSR count). The fourth-order valence-electron chi connectivity index (χ4n) is 0.140. The summed E-state index contributed by atoms with van der Waals surface area (Å²) in [4.78, 5) is 0. The van der Waals surface area contributed by atoms with Crippen LogP contribution in [-0.2, 0) is 4.74 Å². The molecule has 0 bridgehead atoms. The molecule has 5 heteroatoms. The van der Waals surface area contributed by atoms with Crippen LogP contribution in [0.4, 0.5) is 0 Å². The van der Waals surface area contributed by atoms with E-state index in [0.717, 1.165) is 0 Å². The minimum Gasteiger partial charge on any atom is -0.473 e. The van der Waals surface area contributed by atoms with E-state index in [0.29, 0.717) is 5.03 Å². The Morgan fingerprint density at radius 3 is 2.33 bits per heavy atom. The minimum absolute atomic E-state index is 0. The Bertz CT molecular complexity index is 103. The van der Waals surface area contributed by atoms with Crippen LogP contribution in [0.2, 0.25) is 0 Å². The number of hydrogen-bond donors (Lipinski definition) is 1. The Kier molecular flexibility index (Phi) is 12.0. The van der Waals surface area contributed by atoms with Crippen LogP contribution < -0.4 is 51.4 Å². The predicted octanol–water partition coefficient (Wildman–Crippen LogP) is -1.03. The topological polar surface area (TPSA) is 9.23 Å². The van der Waals surface area contributed by atoms with E-state index in [9.17, 15) is 0 Å². The maximum absolute atomic E-state index is 5.31. The Balaban J connectivity index is 0. The molecule has 0 unspecified atom stereocenters. The summed E-state index contributed by atoms with van der Waals surface area (Å²) < 4.78 is 4.85. The summed E-state index contributed by atoms with van der Waals surface area (Å²) in [5, 5.41) is 0.418. The molecule has 0 aromatic heterocycles. The zero-order valence-electron chi connectivity index (χ0n) is 5.06. The van der Waals surface area contributed by atoms with Gasteiger partial charge in [0.25, 0.3) is 0 Å². The van der Waals surface area contributed by atoms with Crippen molar-refractivity contribution < 1.29 is 56.1 Å². The molecule has 0 atom stereocenters. The molecule has 0 aromatic carbocycles. The maximum Gasteiger partial charge on any atom is 1.00 e. The minimum atomic E-state index is 0. The smallest absolute Gasteiger partial charge is 0.473 e. The molecular weight excluding hydrogens is 203 g/mol. The number of thiocarbonyl (C=S) groups is 1. The second-order valence-corrected chi connectivity index (χ2v) is 2.69. The van der Waals surface area contributed by atoms with Crippen molar-refractivity contribution in [1.29, 1.82) is 0 Å². The molecule has 46 valence electrons. The Hall–Kier alpha value is 1.91. The van der Waals surface area contributed by atoms with Crippen LogP contribution in [0.5, 0.6) is 0 Å². The van der Waals surface area contributed by atoms with E-state index in [-0.39, 0.29) is 62.4 Å². The van der Waals surface area contributed by atoms with Crippen LogP contribution in [0.15, 0.2) is 11.6 Å². The molecule has 0 N–H and O–H groups in total. The van der Waals surface area contributed by atoms with Crippen molar-refractivity contribution in [2.24, 2.45) is 0 Å². The second kappa shape index (κ2) is 8.01. The summed E-state index contributed by atoms with van der Waals surface area (Å²) in [6.07, 6.45) is 0. The average Bonchev–Trinajstić information content (AvgIpc) is 1.61. The van der Waals surface area contributed by atoms with Crippen molar-refractivity contribution in [2.75, 3.05) is 6.61 Å². The van der Waals surface area contributed by atoms with E-state index in [1.807, 2.05) is 0 Å². The van der Waals surface area contributed by atoms with Crippen molar-refractivity contribution in [2.45, 2.75) is 0 Å². The van der Waals surface area contributed by atoms with Gasteiger partial charge in [0.1, 0.15) is 6.61 Å². The molecule has 0 amide bonds. The molecule has 0 aliphatic heterocycles. The summed E-state index contributed by atoms with van der Waals surface area (Å²) in [7, 11) is 0. The molecular formula is C4H5ClKOS2+. The molecule has 0 saturated carbocycles. The molecule has 0 saturated heterocycles. The van der Waals surface area contributed by atoms with Crippen LogP contribution in [0.25, 0.3) is 0 Å².